The van der Waals surface area contributed by atoms with Crippen LogP contribution in [0.5, 0.6) is 0 Å². The molecule has 0 N–H and O–H groups in total. The number of aryl methyl sites for hydroxylation is 1. The summed E-state index contributed by atoms with van der Waals surface area (Å²) >= 11 is 0. The van der Waals surface area contributed by atoms with Crippen LogP contribution in [0.2, 0.25) is 0 Å². The number of likely N-dealkylation sites (tertiary alicyclic amines) is 1. The van der Waals surface area contributed by atoms with Crippen LogP contribution in [0.25, 0.3) is 0 Å². The van der Waals surface area contributed by atoms with Crippen LogP contribution < -0.4 is 5.56 Å². The number of amides is 1. The van der Waals surface area contributed by atoms with Gasteiger partial charge < -0.3 is 4.90 Å². The first-order valence-corrected chi connectivity index (χ1v) is 8.51. The van der Waals surface area contributed by atoms with Crippen molar-refractivity contribution in [3.05, 3.63) is 28.2 Å². The molecular weight excluding hydrogens is 278 g/mol. The highest BCUT2D eigenvalue weighted by Crippen LogP contribution is 2.44. The maximum absolute atomic E-state index is 12.6. The topological polar surface area (TPSA) is 55.2 Å². The highest BCUT2D eigenvalue weighted by atomic mass is 16.2. The Bertz CT molecular complexity index is 592. The van der Waals surface area contributed by atoms with Crippen molar-refractivity contribution in [3.8, 4) is 0 Å². The van der Waals surface area contributed by atoms with E-state index >= 15 is 0 Å². The van der Waals surface area contributed by atoms with Crippen LogP contribution in [-0.2, 0) is 6.54 Å². The fourth-order valence-electron chi connectivity index (χ4n) is 3.94. The van der Waals surface area contributed by atoms with Gasteiger partial charge in [0.15, 0.2) is 0 Å². The summed E-state index contributed by atoms with van der Waals surface area (Å²) in [6.45, 7) is 4.00. The molecule has 0 radical (unpaired) electrons. The Labute approximate surface area is 131 Å². The number of aromatic nitrogens is 2. The Morgan fingerprint density at radius 3 is 2.45 bits per heavy atom. The van der Waals surface area contributed by atoms with Crippen LogP contribution in [0, 0.1) is 5.41 Å². The van der Waals surface area contributed by atoms with E-state index in [0.29, 0.717) is 17.7 Å². The molecule has 1 amide bonds. The minimum absolute atomic E-state index is 0.0344. The lowest BCUT2D eigenvalue weighted by Gasteiger charge is -2.44. The summed E-state index contributed by atoms with van der Waals surface area (Å²) in [5.41, 5.74) is 0.727. The molecule has 22 heavy (non-hydrogen) atoms. The second kappa shape index (κ2) is 6.23. The minimum Gasteiger partial charge on any atom is -0.337 e. The van der Waals surface area contributed by atoms with E-state index in [2.05, 4.69) is 5.10 Å². The van der Waals surface area contributed by atoms with Gasteiger partial charge in [0, 0.05) is 25.7 Å². The van der Waals surface area contributed by atoms with Crippen molar-refractivity contribution in [3.63, 3.8) is 0 Å². The van der Waals surface area contributed by atoms with Crippen LogP contribution in [0.15, 0.2) is 16.9 Å². The van der Waals surface area contributed by atoms with Gasteiger partial charge in [0.25, 0.3) is 11.5 Å². The summed E-state index contributed by atoms with van der Waals surface area (Å²) in [5, 5.41) is 4.18. The maximum Gasteiger partial charge on any atom is 0.274 e. The van der Waals surface area contributed by atoms with Gasteiger partial charge in [-0.3, -0.25) is 9.59 Å². The third-order valence-electron chi connectivity index (χ3n) is 5.41. The van der Waals surface area contributed by atoms with E-state index in [-0.39, 0.29) is 11.5 Å². The molecule has 3 rings (SSSR count). The first kappa shape index (κ1) is 15.3. The molecule has 5 heteroatoms. The number of carbonyl (C=O) groups is 1. The fourth-order valence-corrected chi connectivity index (χ4v) is 3.94. The second-order valence-electron chi connectivity index (χ2n) is 6.73. The van der Waals surface area contributed by atoms with Crippen molar-refractivity contribution in [2.75, 3.05) is 13.1 Å². The van der Waals surface area contributed by atoms with E-state index < -0.39 is 0 Å². The Hall–Kier alpha value is -1.65. The quantitative estimate of drug-likeness (QED) is 0.843. The molecule has 1 aliphatic carbocycles. The standard InChI is InChI=1S/C17H25N3O2/c1-2-20-15(21)7-6-14(18-20)16(22)19-12-10-17(11-13-19)8-4-3-5-9-17/h6-7H,2-5,8-13H2,1H3. The van der Waals surface area contributed by atoms with Gasteiger partial charge in [0.05, 0.1) is 0 Å². The summed E-state index contributed by atoms with van der Waals surface area (Å²) < 4.78 is 1.35. The molecule has 0 aromatic carbocycles. The third-order valence-corrected chi connectivity index (χ3v) is 5.41. The largest absolute Gasteiger partial charge is 0.337 e. The summed E-state index contributed by atoms with van der Waals surface area (Å²) in [6, 6.07) is 3.00. The smallest absolute Gasteiger partial charge is 0.274 e. The monoisotopic (exact) mass is 303 g/mol. The van der Waals surface area contributed by atoms with Crippen LogP contribution in [0.3, 0.4) is 0 Å². The molecule has 1 aromatic rings. The Balaban J connectivity index is 1.68. The molecule has 0 atom stereocenters. The van der Waals surface area contributed by atoms with E-state index in [1.54, 1.807) is 6.07 Å². The Morgan fingerprint density at radius 2 is 1.82 bits per heavy atom. The normalized spacial score (nSPS) is 21.0. The van der Waals surface area contributed by atoms with Gasteiger partial charge >= 0.3 is 0 Å². The second-order valence-corrected chi connectivity index (χ2v) is 6.73. The molecule has 2 aliphatic rings. The minimum atomic E-state index is -0.154. The molecule has 0 bridgehead atoms. The highest BCUT2D eigenvalue weighted by Gasteiger charge is 2.37. The zero-order valence-electron chi connectivity index (χ0n) is 13.4. The molecule has 1 aliphatic heterocycles. The maximum atomic E-state index is 12.6. The van der Waals surface area contributed by atoms with Crippen LogP contribution in [0.1, 0.15) is 62.4 Å². The fraction of sp³-hybridized carbons (Fsp3) is 0.706. The van der Waals surface area contributed by atoms with Gasteiger partial charge in [-0.05, 0) is 44.1 Å². The van der Waals surface area contributed by atoms with E-state index in [4.69, 9.17) is 0 Å². The van der Waals surface area contributed by atoms with Gasteiger partial charge in [0.1, 0.15) is 5.69 Å². The third kappa shape index (κ3) is 2.94. The lowest BCUT2D eigenvalue weighted by Crippen LogP contribution is -2.44. The molecule has 1 saturated carbocycles. The zero-order chi connectivity index (χ0) is 15.6. The van der Waals surface area contributed by atoms with Gasteiger partial charge in [-0.25, -0.2) is 4.68 Å². The van der Waals surface area contributed by atoms with Gasteiger partial charge in [0.2, 0.25) is 0 Å². The lowest BCUT2D eigenvalue weighted by molar-refractivity contribution is 0.0465. The SMILES string of the molecule is CCn1nc(C(=O)N2CCC3(CCCCC3)CC2)ccc1=O. The number of piperidine rings is 1. The number of rotatable bonds is 2. The predicted molar refractivity (Wildman–Crippen MR) is 84.8 cm³/mol. The molecule has 1 aromatic heterocycles. The molecule has 1 spiro atoms. The van der Waals surface area contributed by atoms with Crippen molar-refractivity contribution < 1.29 is 4.79 Å². The van der Waals surface area contributed by atoms with Gasteiger partial charge in [-0.1, -0.05) is 19.3 Å². The van der Waals surface area contributed by atoms with Crippen LogP contribution >= 0.6 is 0 Å². The van der Waals surface area contributed by atoms with Crippen molar-refractivity contribution in [1.82, 2.24) is 14.7 Å². The predicted octanol–water partition coefficient (Wildman–Crippen LogP) is 2.45. The molecule has 2 fully saturated rings. The number of hydrogen-bond donors (Lipinski definition) is 0. The van der Waals surface area contributed by atoms with Crippen LogP contribution in [-0.4, -0.2) is 33.7 Å². The summed E-state index contributed by atoms with van der Waals surface area (Å²) in [6.07, 6.45) is 8.95. The van der Waals surface area contributed by atoms with E-state index in [0.717, 1.165) is 25.9 Å². The molecule has 5 nitrogen and oxygen atoms in total. The molecule has 0 unspecified atom stereocenters. The zero-order valence-corrected chi connectivity index (χ0v) is 13.4. The van der Waals surface area contributed by atoms with Gasteiger partial charge in [-0.2, -0.15) is 5.10 Å². The van der Waals surface area contributed by atoms with Crippen LogP contribution in [0.4, 0.5) is 0 Å². The molecule has 1 saturated heterocycles. The summed E-state index contributed by atoms with van der Waals surface area (Å²) in [4.78, 5) is 26.1. The summed E-state index contributed by atoms with van der Waals surface area (Å²) in [7, 11) is 0. The summed E-state index contributed by atoms with van der Waals surface area (Å²) in [5.74, 6) is -0.0344. The Kier molecular flexibility index (Phi) is 4.32. The molecular formula is C17H25N3O2. The number of carbonyl (C=O) groups excluding carboxylic acids is 1. The Morgan fingerprint density at radius 1 is 1.14 bits per heavy atom. The molecule has 120 valence electrons. The highest BCUT2D eigenvalue weighted by molar-refractivity contribution is 5.92. The van der Waals surface area contributed by atoms with Gasteiger partial charge in [-0.15, -0.1) is 0 Å². The lowest BCUT2D eigenvalue weighted by atomic mass is 9.68. The number of hydrogen-bond acceptors (Lipinski definition) is 3. The number of nitrogens with zero attached hydrogens (tertiary/aromatic N) is 3. The first-order chi connectivity index (χ1) is 10.6. The van der Waals surface area contributed by atoms with Crippen molar-refractivity contribution in [2.45, 2.75) is 58.4 Å². The van der Waals surface area contributed by atoms with E-state index in [9.17, 15) is 9.59 Å². The van der Waals surface area contributed by atoms with E-state index in [1.807, 2.05) is 11.8 Å². The average Bonchev–Trinajstić information content (AvgIpc) is 2.56. The van der Waals surface area contributed by atoms with E-state index in [1.165, 1.54) is 42.9 Å². The van der Waals surface area contributed by atoms with Crippen molar-refractivity contribution in [2.24, 2.45) is 5.41 Å². The van der Waals surface area contributed by atoms with Crippen molar-refractivity contribution >= 4 is 5.91 Å². The molecule has 2 heterocycles. The van der Waals surface area contributed by atoms with Crippen molar-refractivity contribution in [1.29, 1.82) is 0 Å². The average molecular weight is 303 g/mol. The first-order valence-electron chi connectivity index (χ1n) is 8.51.